The van der Waals surface area contributed by atoms with Gasteiger partial charge in [-0.3, -0.25) is 9.78 Å². The highest BCUT2D eigenvalue weighted by Gasteiger charge is 2.18. The van der Waals surface area contributed by atoms with E-state index < -0.39 is 0 Å². The second-order valence-electron chi connectivity index (χ2n) is 6.11. The van der Waals surface area contributed by atoms with Crippen molar-refractivity contribution in [2.24, 2.45) is 0 Å². The Labute approximate surface area is 153 Å². The molecule has 0 fully saturated rings. The molecule has 0 spiro atoms. The molecule has 0 saturated carbocycles. The fourth-order valence-corrected chi connectivity index (χ4v) is 2.47. The molecule has 3 aromatic rings. The van der Waals surface area contributed by atoms with Crippen molar-refractivity contribution in [3.05, 3.63) is 72.7 Å². The summed E-state index contributed by atoms with van der Waals surface area (Å²) in [5.74, 6) is 0.468. The van der Waals surface area contributed by atoms with Crippen LogP contribution in [0.1, 0.15) is 10.4 Å². The lowest BCUT2D eigenvalue weighted by molar-refractivity contribution is 0.0985. The van der Waals surface area contributed by atoms with Crippen LogP contribution in [-0.2, 0) is 0 Å². The monoisotopic (exact) mass is 347 g/mol. The van der Waals surface area contributed by atoms with E-state index in [9.17, 15) is 4.79 Å². The van der Waals surface area contributed by atoms with Crippen molar-refractivity contribution >= 4 is 11.6 Å². The molecule has 0 N–H and O–H groups in total. The van der Waals surface area contributed by atoms with Gasteiger partial charge in [0.2, 0.25) is 0 Å². The summed E-state index contributed by atoms with van der Waals surface area (Å²) in [5, 5.41) is 0. The van der Waals surface area contributed by atoms with Crippen molar-refractivity contribution in [1.29, 1.82) is 0 Å². The normalized spacial score (nSPS) is 10.7. The fraction of sp³-hybridized carbons (Fsp3) is 0.200. The summed E-state index contributed by atoms with van der Waals surface area (Å²) in [6.45, 7) is 1.29. The Morgan fingerprint density at radius 1 is 0.885 bits per heavy atom. The van der Waals surface area contributed by atoms with Crippen LogP contribution in [0.2, 0.25) is 0 Å². The third kappa shape index (κ3) is 4.29. The van der Waals surface area contributed by atoms with Crippen molar-refractivity contribution in [2.45, 2.75) is 0 Å². The van der Waals surface area contributed by atoms with E-state index in [0.29, 0.717) is 29.3 Å². The quantitative estimate of drug-likeness (QED) is 0.686. The van der Waals surface area contributed by atoms with E-state index in [0.717, 1.165) is 6.54 Å². The average molecular weight is 347 g/mol. The molecule has 6 nitrogen and oxygen atoms in total. The lowest BCUT2D eigenvalue weighted by Crippen LogP contribution is -2.37. The van der Waals surface area contributed by atoms with E-state index >= 15 is 0 Å². The van der Waals surface area contributed by atoms with E-state index in [-0.39, 0.29) is 5.91 Å². The number of hydrogen-bond donors (Lipinski definition) is 0. The molecule has 0 bridgehead atoms. The molecule has 0 unspecified atom stereocenters. The first kappa shape index (κ1) is 17.7. The molecule has 0 saturated heterocycles. The number of amides is 1. The van der Waals surface area contributed by atoms with Crippen LogP contribution < -0.4 is 4.90 Å². The number of carbonyl (C=O) groups is 1. The number of likely N-dealkylation sites (N-methyl/N-ethyl adjacent to an activating group) is 1. The molecule has 132 valence electrons. The van der Waals surface area contributed by atoms with Gasteiger partial charge in [0.05, 0.1) is 18.1 Å². The SMILES string of the molecule is CN(C)CCN(C(=O)c1ccccc1)c1cnc(-c2ccccn2)nc1. The number of hydrogen-bond acceptors (Lipinski definition) is 5. The van der Waals surface area contributed by atoms with E-state index in [1.54, 1.807) is 23.5 Å². The molecular formula is C20H21N5O. The van der Waals surface area contributed by atoms with Gasteiger partial charge in [0.15, 0.2) is 5.82 Å². The van der Waals surface area contributed by atoms with Crippen molar-refractivity contribution in [3.63, 3.8) is 0 Å². The number of rotatable bonds is 6. The fourth-order valence-electron chi connectivity index (χ4n) is 2.47. The molecule has 2 aromatic heterocycles. The van der Waals surface area contributed by atoms with Crippen LogP contribution in [0, 0.1) is 0 Å². The Morgan fingerprint density at radius 2 is 1.58 bits per heavy atom. The maximum atomic E-state index is 13.0. The van der Waals surface area contributed by atoms with Crippen LogP contribution in [-0.4, -0.2) is 52.9 Å². The van der Waals surface area contributed by atoms with Gasteiger partial charge in [0.1, 0.15) is 5.69 Å². The summed E-state index contributed by atoms with van der Waals surface area (Å²) in [5.41, 5.74) is 2.01. The molecule has 6 heteroatoms. The highest BCUT2D eigenvalue weighted by Crippen LogP contribution is 2.18. The number of benzene rings is 1. The number of anilines is 1. The highest BCUT2D eigenvalue weighted by atomic mass is 16.2. The number of aromatic nitrogens is 3. The molecule has 0 aliphatic heterocycles. The van der Waals surface area contributed by atoms with Gasteiger partial charge in [-0.15, -0.1) is 0 Å². The summed E-state index contributed by atoms with van der Waals surface area (Å²) in [4.78, 5) is 29.7. The van der Waals surface area contributed by atoms with Gasteiger partial charge in [-0.2, -0.15) is 0 Å². The third-order valence-electron chi connectivity index (χ3n) is 3.88. The molecule has 3 rings (SSSR count). The minimum atomic E-state index is -0.0679. The standard InChI is InChI=1S/C20H21N5O/c1-24(2)12-13-25(20(26)16-8-4-3-5-9-16)17-14-22-19(23-15-17)18-10-6-7-11-21-18/h3-11,14-15H,12-13H2,1-2H3. The second kappa shape index (κ2) is 8.31. The van der Waals surface area contributed by atoms with Gasteiger partial charge in [0.25, 0.3) is 5.91 Å². The zero-order valence-corrected chi connectivity index (χ0v) is 14.9. The van der Waals surface area contributed by atoms with E-state index in [4.69, 9.17) is 0 Å². The van der Waals surface area contributed by atoms with Gasteiger partial charge >= 0.3 is 0 Å². The molecule has 0 aliphatic rings. The molecule has 0 aliphatic carbocycles. The van der Waals surface area contributed by atoms with Crippen molar-refractivity contribution in [2.75, 3.05) is 32.1 Å². The van der Waals surface area contributed by atoms with Crippen molar-refractivity contribution in [1.82, 2.24) is 19.9 Å². The van der Waals surface area contributed by atoms with Crippen LogP contribution in [0.4, 0.5) is 5.69 Å². The smallest absolute Gasteiger partial charge is 0.258 e. The summed E-state index contributed by atoms with van der Waals surface area (Å²) in [6.07, 6.45) is 5.05. The highest BCUT2D eigenvalue weighted by molar-refractivity contribution is 6.05. The Morgan fingerprint density at radius 3 is 2.19 bits per heavy atom. The lowest BCUT2D eigenvalue weighted by atomic mass is 10.2. The Bertz CT molecular complexity index is 835. The molecule has 1 amide bonds. The summed E-state index contributed by atoms with van der Waals surface area (Å²) >= 11 is 0. The summed E-state index contributed by atoms with van der Waals surface area (Å²) in [6, 6.07) is 14.8. The van der Waals surface area contributed by atoms with Crippen molar-refractivity contribution < 1.29 is 4.79 Å². The summed E-state index contributed by atoms with van der Waals surface area (Å²) in [7, 11) is 3.96. The Kier molecular flexibility index (Phi) is 5.66. The number of carbonyl (C=O) groups excluding carboxylic acids is 1. The molecule has 0 atom stereocenters. The molecular weight excluding hydrogens is 326 g/mol. The zero-order chi connectivity index (χ0) is 18.4. The summed E-state index contributed by atoms with van der Waals surface area (Å²) < 4.78 is 0. The van der Waals surface area contributed by atoms with Crippen molar-refractivity contribution in [3.8, 4) is 11.5 Å². The molecule has 2 heterocycles. The van der Waals surface area contributed by atoms with Crippen LogP contribution in [0.5, 0.6) is 0 Å². The van der Waals surface area contributed by atoms with Gasteiger partial charge in [-0.1, -0.05) is 24.3 Å². The van der Waals surface area contributed by atoms with E-state index in [1.807, 2.05) is 67.5 Å². The van der Waals surface area contributed by atoms with Gasteiger partial charge in [-0.05, 0) is 38.4 Å². The lowest BCUT2D eigenvalue weighted by Gasteiger charge is -2.24. The number of nitrogens with zero attached hydrogens (tertiary/aromatic N) is 5. The van der Waals surface area contributed by atoms with Gasteiger partial charge in [0, 0.05) is 24.8 Å². The molecule has 26 heavy (non-hydrogen) atoms. The second-order valence-corrected chi connectivity index (χ2v) is 6.11. The molecule has 1 aromatic carbocycles. The average Bonchev–Trinajstić information content (AvgIpc) is 2.69. The van der Waals surface area contributed by atoms with Crippen LogP contribution in [0.3, 0.4) is 0 Å². The van der Waals surface area contributed by atoms with Gasteiger partial charge in [-0.25, -0.2) is 9.97 Å². The minimum absolute atomic E-state index is 0.0679. The maximum absolute atomic E-state index is 13.0. The topological polar surface area (TPSA) is 62.2 Å². The largest absolute Gasteiger partial charge is 0.308 e. The van der Waals surface area contributed by atoms with E-state index in [1.165, 1.54) is 0 Å². The van der Waals surface area contributed by atoms with Gasteiger partial charge < -0.3 is 9.80 Å². The Balaban J connectivity index is 1.87. The Hall–Kier alpha value is -3.12. The first-order chi connectivity index (χ1) is 12.6. The van der Waals surface area contributed by atoms with E-state index in [2.05, 4.69) is 15.0 Å². The third-order valence-corrected chi connectivity index (χ3v) is 3.88. The minimum Gasteiger partial charge on any atom is -0.308 e. The first-order valence-electron chi connectivity index (χ1n) is 8.40. The number of pyridine rings is 1. The predicted octanol–water partition coefficient (Wildman–Crippen LogP) is 2.75. The predicted molar refractivity (Wildman–Crippen MR) is 102 cm³/mol. The zero-order valence-electron chi connectivity index (χ0n) is 14.9. The van der Waals surface area contributed by atoms with Crippen LogP contribution in [0.15, 0.2) is 67.1 Å². The first-order valence-corrected chi connectivity index (χ1v) is 8.40. The van der Waals surface area contributed by atoms with Crippen LogP contribution in [0.25, 0.3) is 11.5 Å². The molecule has 0 radical (unpaired) electrons. The van der Waals surface area contributed by atoms with Crippen LogP contribution >= 0.6 is 0 Å². The maximum Gasteiger partial charge on any atom is 0.258 e.